The summed E-state index contributed by atoms with van der Waals surface area (Å²) in [6.07, 6.45) is 0. The van der Waals surface area contributed by atoms with Crippen LogP contribution in [-0.2, 0) is 0 Å². The molecule has 0 unspecified atom stereocenters. The fourth-order valence-electron chi connectivity index (χ4n) is 1.64. The van der Waals surface area contributed by atoms with Crippen LogP contribution < -0.4 is 0 Å². The lowest BCUT2D eigenvalue weighted by atomic mass is 10.1. The summed E-state index contributed by atoms with van der Waals surface area (Å²) in [6.45, 7) is 5.39. The molecular weight excluding hydrogens is 237 g/mol. The number of amides is 1. The number of carbonyl (C=O) groups excluding carboxylic acids is 1. The molecular formula is C13H18FNO3. The molecule has 1 amide bonds. The van der Waals surface area contributed by atoms with E-state index < -0.39 is 17.3 Å². The van der Waals surface area contributed by atoms with Gasteiger partial charge >= 0.3 is 0 Å². The van der Waals surface area contributed by atoms with Crippen LogP contribution in [0.5, 0.6) is 5.75 Å². The van der Waals surface area contributed by atoms with Gasteiger partial charge in [-0.2, -0.15) is 0 Å². The Morgan fingerprint density at radius 3 is 2.50 bits per heavy atom. The van der Waals surface area contributed by atoms with Gasteiger partial charge in [0.05, 0.1) is 11.2 Å². The van der Waals surface area contributed by atoms with E-state index in [2.05, 4.69) is 0 Å². The van der Waals surface area contributed by atoms with Crippen molar-refractivity contribution in [1.29, 1.82) is 0 Å². The Labute approximate surface area is 106 Å². The maximum Gasteiger partial charge on any atom is 0.256 e. The molecule has 4 nitrogen and oxygen atoms in total. The SMILES string of the molecule is CCN(CC(C)(C)O)C(=O)c1ccc(O)cc1F. The van der Waals surface area contributed by atoms with Gasteiger partial charge in [-0.25, -0.2) is 4.39 Å². The first-order valence-corrected chi connectivity index (χ1v) is 5.75. The van der Waals surface area contributed by atoms with E-state index in [-0.39, 0.29) is 17.9 Å². The average molecular weight is 255 g/mol. The van der Waals surface area contributed by atoms with Crippen LogP contribution in [0.4, 0.5) is 4.39 Å². The smallest absolute Gasteiger partial charge is 0.256 e. The fraction of sp³-hybridized carbons (Fsp3) is 0.462. The second kappa shape index (κ2) is 5.35. The lowest BCUT2D eigenvalue weighted by Gasteiger charge is -2.28. The number of rotatable bonds is 4. The van der Waals surface area contributed by atoms with E-state index in [0.717, 1.165) is 6.07 Å². The Bertz CT molecular complexity index is 440. The minimum absolute atomic E-state index is 0.112. The molecule has 0 saturated heterocycles. The van der Waals surface area contributed by atoms with Crippen molar-refractivity contribution >= 4 is 5.91 Å². The van der Waals surface area contributed by atoms with Crippen molar-refractivity contribution in [3.63, 3.8) is 0 Å². The Hall–Kier alpha value is -1.62. The maximum atomic E-state index is 13.6. The largest absolute Gasteiger partial charge is 0.508 e. The summed E-state index contributed by atoms with van der Waals surface area (Å²) in [5.41, 5.74) is -1.15. The van der Waals surface area contributed by atoms with Gasteiger partial charge in [0.25, 0.3) is 5.91 Å². The van der Waals surface area contributed by atoms with Gasteiger partial charge in [0.1, 0.15) is 11.6 Å². The van der Waals surface area contributed by atoms with E-state index in [1.54, 1.807) is 20.8 Å². The Morgan fingerprint density at radius 2 is 2.06 bits per heavy atom. The van der Waals surface area contributed by atoms with Crippen LogP contribution in [-0.4, -0.2) is 39.7 Å². The summed E-state index contributed by atoms with van der Waals surface area (Å²) in [5, 5.41) is 18.8. The number of hydrogen-bond acceptors (Lipinski definition) is 3. The second-order valence-electron chi connectivity index (χ2n) is 4.80. The number of hydrogen-bond donors (Lipinski definition) is 2. The van der Waals surface area contributed by atoms with Gasteiger partial charge in [0.2, 0.25) is 0 Å². The number of carbonyl (C=O) groups is 1. The standard InChI is InChI=1S/C13H18FNO3/c1-4-15(8-13(2,3)18)12(17)10-6-5-9(16)7-11(10)14/h5-7,16,18H,4,8H2,1-3H3. The molecule has 0 saturated carbocycles. The lowest BCUT2D eigenvalue weighted by molar-refractivity contribution is 0.0312. The average Bonchev–Trinajstić information content (AvgIpc) is 2.24. The summed E-state index contributed by atoms with van der Waals surface area (Å²) >= 11 is 0. The molecule has 1 rings (SSSR count). The van der Waals surface area contributed by atoms with Crippen LogP contribution in [0.15, 0.2) is 18.2 Å². The highest BCUT2D eigenvalue weighted by Gasteiger charge is 2.24. The van der Waals surface area contributed by atoms with Gasteiger partial charge < -0.3 is 15.1 Å². The Morgan fingerprint density at radius 1 is 1.44 bits per heavy atom. The Kier molecular flexibility index (Phi) is 4.29. The van der Waals surface area contributed by atoms with Crippen molar-refractivity contribution in [3.05, 3.63) is 29.6 Å². The van der Waals surface area contributed by atoms with Crippen molar-refractivity contribution in [3.8, 4) is 5.75 Å². The van der Waals surface area contributed by atoms with Crippen LogP contribution in [0.25, 0.3) is 0 Å². The van der Waals surface area contributed by atoms with Crippen molar-refractivity contribution in [2.45, 2.75) is 26.4 Å². The van der Waals surface area contributed by atoms with Gasteiger partial charge in [-0.15, -0.1) is 0 Å². The lowest BCUT2D eigenvalue weighted by Crippen LogP contribution is -2.42. The molecule has 0 heterocycles. The maximum absolute atomic E-state index is 13.6. The van der Waals surface area contributed by atoms with Gasteiger partial charge in [0, 0.05) is 19.2 Å². The van der Waals surface area contributed by atoms with Crippen molar-refractivity contribution < 1.29 is 19.4 Å². The molecule has 0 bridgehead atoms. The van der Waals surface area contributed by atoms with E-state index in [9.17, 15) is 14.3 Å². The van der Waals surface area contributed by atoms with E-state index in [0.29, 0.717) is 6.54 Å². The summed E-state index contributed by atoms with van der Waals surface area (Å²) in [6, 6.07) is 3.39. The first-order chi connectivity index (χ1) is 8.24. The second-order valence-corrected chi connectivity index (χ2v) is 4.80. The van der Waals surface area contributed by atoms with Crippen molar-refractivity contribution in [2.75, 3.05) is 13.1 Å². The molecule has 100 valence electrons. The van der Waals surface area contributed by atoms with Crippen LogP contribution in [0, 0.1) is 5.82 Å². The number of benzene rings is 1. The van der Waals surface area contributed by atoms with E-state index in [1.807, 2.05) is 0 Å². The third-order valence-electron chi connectivity index (χ3n) is 2.43. The molecule has 1 aromatic rings. The first-order valence-electron chi connectivity index (χ1n) is 5.75. The number of aromatic hydroxyl groups is 1. The molecule has 0 fully saturated rings. The molecule has 0 radical (unpaired) electrons. The number of phenols is 1. The molecule has 0 atom stereocenters. The van der Waals surface area contributed by atoms with Crippen LogP contribution in [0.2, 0.25) is 0 Å². The highest BCUT2D eigenvalue weighted by molar-refractivity contribution is 5.94. The molecule has 0 aliphatic rings. The minimum Gasteiger partial charge on any atom is -0.508 e. The molecule has 0 spiro atoms. The highest BCUT2D eigenvalue weighted by atomic mass is 19.1. The van der Waals surface area contributed by atoms with Gasteiger partial charge in [0.15, 0.2) is 0 Å². The van der Waals surface area contributed by atoms with Gasteiger partial charge in [-0.05, 0) is 32.9 Å². The number of halogens is 1. The molecule has 18 heavy (non-hydrogen) atoms. The van der Waals surface area contributed by atoms with Gasteiger partial charge in [-0.1, -0.05) is 0 Å². The van der Waals surface area contributed by atoms with Crippen molar-refractivity contribution in [2.24, 2.45) is 0 Å². The summed E-state index contributed by atoms with van der Waals surface area (Å²) < 4.78 is 13.6. The topological polar surface area (TPSA) is 60.8 Å². The zero-order valence-corrected chi connectivity index (χ0v) is 10.8. The van der Waals surface area contributed by atoms with Crippen LogP contribution in [0.3, 0.4) is 0 Å². The number of nitrogens with zero attached hydrogens (tertiary/aromatic N) is 1. The summed E-state index contributed by atoms with van der Waals surface area (Å²) in [7, 11) is 0. The Balaban J connectivity index is 2.97. The predicted molar refractivity (Wildman–Crippen MR) is 65.9 cm³/mol. The molecule has 2 N–H and O–H groups in total. The molecule has 0 aliphatic carbocycles. The highest BCUT2D eigenvalue weighted by Crippen LogP contribution is 2.17. The third-order valence-corrected chi connectivity index (χ3v) is 2.43. The third kappa shape index (κ3) is 3.70. The predicted octanol–water partition coefficient (Wildman–Crippen LogP) is 1.76. The normalized spacial score (nSPS) is 11.4. The summed E-state index contributed by atoms with van der Waals surface area (Å²) in [4.78, 5) is 13.4. The number of likely N-dealkylation sites (N-methyl/N-ethyl adjacent to an activating group) is 1. The fourth-order valence-corrected chi connectivity index (χ4v) is 1.64. The van der Waals surface area contributed by atoms with E-state index >= 15 is 0 Å². The summed E-state index contributed by atoms with van der Waals surface area (Å²) in [5.74, 6) is -1.50. The molecule has 1 aromatic carbocycles. The van der Waals surface area contributed by atoms with E-state index in [4.69, 9.17) is 5.11 Å². The van der Waals surface area contributed by atoms with Crippen LogP contribution >= 0.6 is 0 Å². The number of phenolic OH excluding ortho intramolecular Hbond substituents is 1. The quantitative estimate of drug-likeness (QED) is 0.862. The monoisotopic (exact) mass is 255 g/mol. The van der Waals surface area contributed by atoms with Crippen LogP contribution in [0.1, 0.15) is 31.1 Å². The van der Waals surface area contributed by atoms with Gasteiger partial charge in [-0.3, -0.25) is 4.79 Å². The molecule has 0 aliphatic heterocycles. The minimum atomic E-state index is -1.04. The zero-order chi connectivity index (χ0) is 13.9. The van der Waals surface area contributed by atoms with Crippen molar-refractivity contribution in [1.82, 2.24) is 4.90 Å². The molecule has 5 heteroatoms. The first kappa shape index (κ1) is 14.4. The molecule has 0 aromatic heterocycles. The van der Waals surface area contributed by atoms with E-state index in [1.165, 1.54) is 17.0 Å². The number of aliphatic hydroxyl groups is 1. The zero-order valence-electron chi connectivity index (χ0n) is 10.8.